The van der Waals surface area contributed by atoms with Gasteiger partial charge in [-0.15, -0.1) is 0 Å². The Morgan fingerprint density at radius 3 is 2.50 bits per heavy atom. The third-order valence-corrected chi connectivity index (χ3v) is 2.42. The van der Waals surface area contributed by atoms with E-state index in [-0.39, 0.29) is 17.2 Å². The van der Waals surface area contributed by atoms with Crippen molar-refractivity contribution in [3.63, 3.8) is 0 Å². The number of hydrogen-bond acceptors (Lipinski definition) is 5. The highest BCUT2D eigenvalue weighted by atomic mass is 19.1. The molecule has 1 heterocycles. The highest BCUT2D eigenvalue weighted by Gasteiger charge is 2.25. The Morgan fingerprint density at radius 2 is 2.00 bits per heavy atom. The van der Waals surface area contributed by atoms with Crippen LogP contribution in [-0.2, 0) is 0 Å². The molecule has 1 aromatic carbocycles. The molecule has 1 aromatic heterocycles. The predicted octanol–water partition coefficient (Wildman–Crippen LogP) is 1.89. The van der Waals surface area contributed by atoms with Gasteiger partial charge in [0.1, 0.15) is 0 Å². The van der Waals surface area contributed by atoms with Gasteiger partial charge in [-0.05, 0) is 18.2 Å². The second kappa shape index (κ2) is 5.00. The molecule has 104 valence electrons. The van der Waals surface area contributed by atoms with Crippen molar-refractivity contribution in [1.82, 2.24) is 4.98 Å². The van der Waals surface area contributed by atoms with Crippen LogP contribution in [0.1, 0.15) is 21.0 Å². The molecule has 0 radical (unpaired) electrons. The van der Waals surface area contributed by atoms with E-state index >= 15 is 0 Å². The van der Waals surface area contributed by atoms with Crippen LogP contribution in [0.3, 0.4) is 0 Å². The van der Waals surface area contributed by atoms with Gasteiger partial charge in [-0.2, -0.15) is 0 Å². The molecule has 0 spiro atoms. The maximum atomic E-state index is 13.3. The molecule has 0 saturated carbocycles. The summed E-state index contributed by atoms with van der Waals surface area (Å²) in [5.41, 5.74) is -0.533. The zero-order valence-electron chi connectivity index (χ0n) is 10.1. The lowest BCUT2D eigenvalue weighted by atomic mass is 10.2. The monoisotopic (exact) mass is 281 g/mol. The van der Waals surface area contributed by atoms with Crippen molar-refractivity contribution in [1.29, 1.82) is 0 Å². The van der Waals surface area contributed by atoms with E-state index in [9.17, 15) is 14.0 Å². The van der Waals surface area contributed by atoms with Gasteiger partial charge >= 0.3 is 11.9 Å². The minimum atomic E-state index is -1.56. The number of carboxylic acids is 2. The number of halogens is 1. The molecule has 0 aliphatic carbocycles. The summed E-state index contributed by atoms with van der Waals surface area (Å²) in [6, 6.07) is 3.55. The first-order valence-electron chi connectivity index (χ1n) is 5.25. The van der Waals surface area contributed by atoms with Crippen molar-refractivity contribution in [2.24, 2.45) is 0 Å². The average Bonchev–Trinajstić information content (AvgIpc) is 2.84. The maximum Gasteiger partial charge on any atom is 0.374 e. The van der Waals surface area contributed by atoms with Crippen molar-refractivity contribution in [3.8, 4) is 17.2 Å². The van der Waals surface area contributed by atoms with Crippen LogP contribution in [0.15, 0.2) is 22.6 Å². The molecular formula is C12H8FNO6. The number of oxazole rings is 1. The number of ether oxygens (including phenoxy) is 1. The van der Waals surface area contributed by atoms with Crippen LogP contribution in [0, 0.1) is 5.82 Å². The number of rotatable bonds is 4. The zero-order chi connectivity index (χ0) is 14.9. The largest absolute Gasteiger partial charge is 0.494 e. The number of methoxy groups -OCH3 is 1. The molecule has 0 aliphatic rings. The topological polar surface area (TPSA) is 110 Å². The molecule has 0 unspecified atom stereocenters. The van der Waals surface area contributed by atoms with Crippen LogP contribution in [0.25, 0.3) is 11.5 Å². The molecule has 0 saturated heterocycles. The van der Waals surface area contributed by atoms with Gasteiger partial charge in [-0.3, -0.25) is 0 Å². The summed E-state index contributed by atoms with van der Waals surface area (Å²) < 4.78 is 22.9. The number of carbonyl (C=O) groups is 2. The Kier molecular flexibility index (Phi) is 3.38. The Morgan fingerprint density at radius 1 is 1.30 bits per heavy atom. The third kappa shape index (κ3) is 2.30. The molecule has 2 N–H and O–H groups in total. The van der Waals surface area contributed by atoms with Crippen molar-refractivity contribution in [3.05, 3.63) is 35.5 Å². The van der Waals surface area contributed by atoms with Gasteiger partial charge in [-0.1, -0.05) is 0 Å². The Labute approximate surface area is 111 Å². The highest BCUT2D eigenvalue weighted by molar-refractivity contribution is 5.98. The number of aromatic nitrogens is 1. The lowest BCUT2D eigenvalue weighted by Gasteiger charge is -2.02. The number of aromatic carboxylic acids is 2. The number of hydrogen-bond donors (Lipinski definition) is 2. The van der Waals surface area contributed by atoms with Crippen LogP contribution in [0.2, 0.25) is 0 Å². The normalized spacial score (nSPS) is 10.3. The van der Waals surface area contributed by atoms with Gasteiger partial charge in [-0.25, -0.2) is 19.0 Å². The van der Waals surface area contributed by atoms with Crippen LogP contribution < -0.4 is 4.74 Å². The first-order chi connectivity index (χ1) is 9.43. The summed E-state index contributed by atoms with van der Waals surface area (Å²) in [6.45, 7) is 0. The molecule has 7 nitrogen and oxygen atoms in total. The highest BCUT2D eigenvalue weighted by Crippen LogP contribution is 2.27. The van der Waals surface area contributed by atoms with Gasteiger partial charge in [0, 0.05) is 5.56 Å². The standard InChI is InChI=1S/C12H8FNO6/c1-19-7-4-5(2-3-6(7)13)10-14-8(11(15)16)9(20-10)12(17)18/h2-4H,1H3,(H,15,16)(H,17,18). The van der Waals surface area contributed by atoms with Gasteiger partial charge in [0.25, 0.3) is 0 Å². The molecule has 0 bridgehead atoms. The summed E-state index contributed by atoms with van der Waals surface area (Å²) in [4.78, 5) is 25.3. The lowest BCUT2D eigenvalue weighted by Crippen LogP contribution is -2.05. The number of nitrogens with zero attached hydrogens (tertiary/aromatic N) is 1. The number of benzene rings is 1. The van der Waals surface area contributed by atoms with Crippen LogP contribution in [0.4, 0.5) is 4.39 Å². The predicted molar refractivity (Wildman–Crippen MR) is 62.4 cm³/mol. The third-order valence-electron chi connectivity index (χ3n) is 2.42. The molecule has 2 rings (SSSR count). The van der Waals surface area contributed by atoms with Crippen molar-refractivity contribution in [2.45, 2.75) is 0 Å². The van der Waals surface area contributed by atoms with E-state index in [0.29, 0.717) is 0 Å². The van der Waals surface area contributed by atoms with Crippen LogP contribution >= 0.6 is 0 Å². The van der Waals surface area contributed by atoms with Crippen LogP contribution in [0.5, 0.6) is 5.75 Å². The molecule has 0 amide bonds. The van der Waals surface area contributed by atoms with Crippen molar-refractivity contribution >= 4 is 11.9 Å². The van der Waals surface area contributed by atoms with Gasteiger partial charge in [0.2, 0.25) is 17.3 Å². The van der Waals surface area contributed by atoms with Gasteiger partial charge in [0.05, 0.1) is 7.11 Å². The molecule has 0 aliphatic heterocycles. The molecule has 0 atom stereocenters. The first-order valence-corrected chi connectivity index (χ1v) is 5.25. The first kappa shape index (κ1) is 13.5. The smallest absolute Gasteiger partial charge is 0.374 e. The Bertz CT molecular complexity index is 662. The minimum Gasteiger partial charge on any atom is -0.494 e. The summed E-state index contributed by atoms with van der Waals surface area (Å²) in [6.07, 6.45) is 0. The number of carboxylic acid groups (broad SMARTS) is 2. The summed E-state index contributed by atoms with van der Waals surface area (Å²) >= 11 is 0. The van der Waals surface area contributed by atoms with E-state index < -0.39 is 29.2 Å². The zero-order valence-corrected chi connectivity index (χ0v) is 10.1. The fourth-order valence-electron chi connectivity index (χ4n) is 1.53. The molecule has 2 aromatic rings. The average molecular weight is 281 g/mol. The Hall–Kier alpha value is -2.90. The summed E-state index contributed by atoms with van der Waals surface area (Å²) in [7, 11) is 1.25. The molecule has 0 fully saturated rings. The molecule has 20 heavy (non-hydrogen) atoms. The molecular weight excluding hydrogens is 273 g/mol. The van der Waals surface area contributed by atoms with E-state index in [1.165, 1.54) is 19.2 Å². The Balaban J connectivity index is 2.56. The maximum absolute atomic E-state index is 13.3. The van der Waals surface area contributed by atoms with Crippen molar-refractivity contribution in [2.75, 3.05) is 7.11 Å². The van der Waals surface area contributed by atoms with E-state index in [1.54, 1.807) is 0 Å². The lowest BCUT2D eigenvalue weighted by molar-refractivity contribution is 0.0624. The van der Waals surface area contributed by atoms with Gasteiger partial charge in [0.15, 0.2) is 11.6 Å². The SMILES string of the molecule is COc1cc(-c2nc(C(=O)O)c(C(=O)O)o2)ccc1F. The van der Waals surface area contributed by atoms with E-state index in [1.807, 2.05) is 0 Å². The van der Waals surface area contributed by atoms with E-state index in [0.717, 1.165) is 6.07 Å². The summed E-state index contributed by atoms with van der Waals surface area (Å²) in [5.74, 6) is -4.87. The van der Waals surface area contributed by atoms with Gasteiger partial charge < -0.3 is 19.4 Å². The van der Waals surface area contributed by atoms with Crippen molar-refractivity contribution < 1.29 is 33.3 Å². The minimum absolute atomic E-state index is 0.102. The second-order valence-corrected chi connectivity index (χ2v) is 3.66. The fourth-order valence-corrected chi connectivity index (χ4v) is 1.53. The second-order valence-electron chi connectivity index (χ2n) is 3.66. The molecule has 8 heteroatoms. The fraction of sp³-hybridized carbons (Fsp3) is 0.0833. The summed E-state index contributed by atoms with van der Waals surface area (Å²) in [5, 5.41) is 17.7. The van der Waals surface area contributed by atoms with E-state index in [4.69, 9.17) is 19.4 Å². The van der Waals surface area contributed by atoms with E-state index in [2.05, 4.69) is 4.98 Å². The quantitative estimate of drug-likeness (QED) is 0.880. The van der Waals surface area contributed by atoms with Crippen LogP contribution in [-0.4, -0.2) is 34.2 Å².